The van der Waals surface area contributed by atoms with Gasteiger partial charge in [-0.2, -0.15) is 5.10 Å². The van der Waals surface area contributed by atoms with E-state index < -0.39 is 0 Å². The summed E-state index contributed by atoms with van der Waals surface area (Å²) in [5.74, 6) is 1.65. The number of aryl methyl sites for hydroxylation is 2. The van der Waals surface area contributed by atoms with Gasteiger partial charge in [0.25, 0.3) is 0 Å². The maximum absolute atomic E-state index is 4.54. The zero-order valence-electron chi connectivity index (χ0n) is 18.2. The molecule has 2 rings (SSSR count). The maximum Gasteiger partial charge on any atom is 0.191 e. The first-order valence-electron chi connectivity index (χ1n) is 9.64. The number of rotatable bonds is 6. The van der Waals surface area contributed by atoms with E-state index in [1.54, 1.807) is 7.05 Å². The number of aliphatic imine (C=N–C) groups is 1. The molecule has 0 aliphatic rings. The van der Waals surface area contributed by atoms with Gasteiger partial charge in [0.15, 0.2) is 11.8 Å². The first kappa shape index (κ1) is 24.4. The lowest BCUT2D eigenvalue weighted by molar-refractivity contribution is 0.346. The van der Waals surface area contributed by atoms with Crippen molar-refractivity contribution in [3.8, 4) is 5.82 Å². The van der Waals surface area contributed by atoms with Crippen molar-refractivity contribution < 1.29 is 0 Å². The number of aromatic nitrogens is 3. The minimum absolute atomic E-state index is 0. The number of pyridine rings is 1. The molecule has 0 saturated heterocycles. The zero-order chi connectivity index (χ0) is 20.0. The molecule has 1 unspecified atom stereocenters. The number of hydrogen-bond donors (Lipinski definition) is 2. The summed E-state index contributed by atoms with van der Waals surface area (Å²) in [6.07, 6.45) is 4.17. The van der Waals surface area contributed by atoms with Gasteiger partial charge < -0.3 is 10.6 Å². The summed E-state index contributed by atoms with van der Waals surface area (Å²) < 4.78 is 1.87. The van der Waals surface area contributed by atoms with E-state index in [2.05, 4.69) is 59.5 Å². The summed E-state index contributed by atoms with van der Waals surface area (Å²) in [4.78, 5) is 8.87. The number of nitrogens with one attached hydrogen (secondary N) is 2. The normalized spacial score (nSPS) is 13.0. The molecule has 0 bridgehead atoms. The van der Waals surface area contributed by atoms with E-state index in [0.29, 0.717) is 18.0 Å². The van der Waals surface area contributed by atoms with Crippen LogP contribution in [0.4, 0.5) is 0 Å². The molecule has 0 fully saturated rings. The van der Waals surface area contributed by atoms with Gasteiger partial charge in [-0.15, -0.1) is 24.0 Å². The fraction of sp³-hybridized carbons (Fsp3) is 0.571. The molecule has 6 nitrogen and oxygen atoms in total. The molecule has 0 spiro atoms. The van der Waals surface area contributed by atoms with Crippen LogP contribution in [0.15, 0.2) is 29.4 Å². The van der Waals surface area contributed by atoms with Gasteiger partial charge in [0, 0.05) is 31.5 Å². The van der Waals surface area contributed by atoms with E-state index in [0.717, 1.165) is 35.1 Å². The molecule has 156 valence electrons. The van der Waals surface area contributed by atoms with E-state index >= 15 is 0 Å². The minimum Gasteiger partial charge on any atom is -0.354 e. The van der Waals surface area contributed by atoms with E-state index in [4.69, 9.17) is 0 Å². The molecule has 28 heavy (non-hydrogen) atoms. The van der Waals surface area contributed by atoms with Crippen molar-refractivity contribution in [3.05, 3.63) is 41.3 Å². The molecule has 2 aromatic rings. The number of guanidine groups is 1. The van der Waals surface area contributed by atoms with Crippen LogP contribution in [-0.4, -0.2) is 33.8 Å². The predicted octanol–water partition coefficient (Wildman–Crippen LogP) is 4.38. The van der Waals surface area contributed by atoms with Crippen molar-refractivity contribution in [1.29, 1.82) is 0 Å². The van der Waals surface area contributed by atoms with E-state index in [-0.39, 0.29) is 24.0 Å². The number of nitrogens with zero attached hydrogens (tertiary/aromatic N) is 4. The molecule has 2 N–H and O–H groups in total. The highest BCUT2D eigenvalue weighted by Gasteiger charge is 2.13. The molecule has 2 heterocycles. The third-order valence-corrected chi connectivity index (χ3v) is 4.43. The quantitative estimate of drug-likeness (QED) is 0.353. The second kappa shape index (κ2) is 10.8. The van der Waals surface area contributed by atoms with Crippen LogP contribution in [0.3, 0.4) is 0 Å². The zero-order valence-corrected chi connectivity index (χ0v) is 20.5. The van der Waals surface area contributed by atoms with Crippen molar-refractivity contribution in [2.24, 2.45) is 10.4 Å². The van der Waals surface area contributed by atoms with Crippen LogP contribution < -0.4 is 10.6 Å². The second-order valence-electron chi connectivity index (χ2n) is 8.43. The van der Waals surface area contributed by atoms with Crippen LogP contribution in [-0.2, 0) is 6.54 Å². The van der Waals surface area contributed by atoms with Crippen molar-refractivity contribution in [1.82, 2.24) is 25.4 Å². The van der Waals surface area contributed by atoms with Crippen molar-refractivity contribution in [3.63, 3.8) is 0 Å². The largest absolute Gasteiger partial charge is 0.354 e. The molecular weight excluding hydrogens is 463 g/mol. The Kier molecular flexibility index (Phi) is 9.39. The summed E-state index contributed by atoms with van der Waals surface area (Å²) in [5, 5.41) is 11.3. The molecule has 0 radical (unpaired) electrons. The van der Waals surface area contributed by atoms with Crippen LogP contribution >= 0.6 is 24.0 Å². The number of hydrogen-bond acceptors (Lipinski definition) is 3. The summed E-state index contributed by atoms with van der Waals surface area (Å²) >= 11 is 0. The van der Waals surface area contributed by atoms with Crippen molar-refractivity contribution >= 4 is 29.9 Å². The van der Waals surface area contributed by atoms with Crippen molar-refractivity contribution in [2.75, 3.05) is 7.05 Å². The summed E-state index contributed by atoms with van der Waals surface area (Å²) in [6.45, 7) is 13.7. The predicted molar refractivity (Wildman–Crippen MR) is 128 cm³/mol. The highest BCUT2D eigenvalue weighted by molar-refractivity contribution is 14.0. The fourth-order valence-corrected chi connectivity index (χ4v) is 2.84. The highest BCUT2D eigenvalue weighted by Crippen LogP contribution is 2.21. The maximum atomic E-state index is 4.54. The fourth-order valence-electron chi connectivity index (χ4n) is 2.84. The summed E-state index contributed by atoms with van der Waals surface area (Å²) in [6, 6.07) is 6.50. The Morgan fingerprint density at radius 2 is 1.96 bits per heavy atom. The lowest BCUT2D eigenvalue weighted by atomic mass is 9.89. The Morgan fingerprint density at radius 1 is 1.25 bits per heavy atom. The van der Waals surface area contributed by atoms with Crippen LogP contribution in [0, 0.1) is 19.3 Å². The first-order valence-corrected chi connectivity index (χ1v) is 9.64. The van der Waals surface area contributed by atoms with Gasteiger partial charge in [-0.05, 0) is 56.7 Å². The Bertz CT molecular complexity index is 758. The van der Waals surface area contributed by atoms with Gasteiger partial charge in [-0.3, -0.25) is 4.99 Å². The van der Waals surface area contributed by atoms with Crippen LogP contribution in [0.5, 0.6) is 0 Å². The summed E-state index contributed by atoms with van der Waals surface area (Å²) in [7, 11) is 1.80. The highest BCUT2D eigenvalue weighted by atomic mass is 127. The molecule has 0 aliphatic heterocycles. The van der Waals surface area contributed by atoms with Gasteiger partial charge in [0.05, 0.1) is 5.69 Å². The molecule has 1 atom stereocenters. The summed E-state index contributed by atoms with van der Waals surface area (Å²) in [5.41, 5.74) is 3.53. The van der Waals surface area contributed by atoms with Gasteiger partial charge >= 0.3 is 0 Å². The molecule has 0 saturated carbocycles. The molecule has 0 aromatic carbocycles. The van der Waals surface area contributed by atoms with Crippen molar-refractivity contribution in [2.45, 2.75) is 67.0 Å². The molecule has 2 aromatic heterocycles. The third kappa shape index (κ3) is 7.77. The molecule has 0 amide bonds. The van der Waals surface area contributed by atoms with Gasteiger partial charge in [0.1, 0.15) is 0 Å². The minimum atomic E-state index is 0. The monoisotopic (exact) mass is 498 g/mol. The number of halogens is 1. The topological polar surface area (TPSA) is 67.1 Å². The molecular formula is C21H35IN6. The average Bonchev–Trinajstić information content (AvgIpc) is 2.95. The van der Waals surface area contributed by atoms with Gasteiger partial charge in [0.2, 0.25) is 0 Å². The Labute approximate surface area is 186 Å². The van der Waals surface area contributed by atoms with E-state index in [1.165, 1.54) is 6.42 Å². The van der Waals surface area contributed by atoms with E-state index in [9.17, 15) is 0 Å². The van der Waals surface area contributed by atoms with Crippen LogP contribution in [0.2, 0.25) is 0 Å². The SMILES string of the molecule is CN=C(NCc1ccc(-n2nc(C)cc2C)nc1)NC(C)CCC(C)(C)C.I. The molecule has 7 heteroatoms. The van der Waals surface area contributed by atoms with Crippen LogP contribution in [0.25, 0.3) is 5.82 Å². The smallest absolute Gasteiger partial charge is 0.191 e. The lowest BCUT2D eigenvalue weighted by Crippen LogP contribution is -2.42. The van der Waals surface area contributed by atoms with E-state index in [1.807, 2.05) is 36.9 Å². The van der Waals surface area contributed by atoms with Gasteiger partial charge in [-0.25, -0.2) is 9.67 Å². The standard InChI is InChI=1S/C21H34N6.HI/c1-15(10-11-21(4,5)6)25-20(22-7)24-14-18-8-9-19(23-13-18)27-17(3)12-16(2)26-27;/h8-9,12-13,15H,10-11,14H2,1-7H3,(H2,22,24,25);1H. The van der Waals surface area contributed by atoms with Gasteiger partial charge in [-0.1, -0.05) is 26.8 Å². The van der Waals surface area contributed by atoms with Crippen LogP contribution in [0.1, 0.15) is 57.5 Å². The Hall–Kier alpha value is -1.64. The third-order valence-electron chi connectivity index (χ3n) is 4.43. The molecule has 0 aliphatic carbocycles. The average molecular weight is 498 g/mol. The Morgan fingerprint density at radius 3 is 2.46 bits per heavy atom. The lowest BCUT2D eigenvalue weighted by Gasteiger charge is -2.23. The first-order chi connectivity index (χ1) is 12.7. The second-order valence-corrected chi connectivity index (χ2v) is 8.43. The Balaban J connectivity index is 0.00000392.